The van der Waals surface area contributed by atoms with E-state index in [9.17, 15) is 0 Å². The number of nitrogens with zero attached hydrogens (tertiary/aromatic N) is 3. The maximum absolute atomic E-state index is 7.13. The summed E-state index contributed by atoms with van der Waals surface area (Å²) in [5.41, 5.74) is 0. The maximum atomic E-state index is 7.13. The molecule has 10 heavy (non-hydrogen) atoms. The molecular formula is C3N3S3Sm. The van der Waals surface area contributed by atoms with Crippen LogP contribution in [-0.2, 0) is 0 Å². The standard InChI is InChI=1S/3CNS.Sm/c3*2-1-3;/q3*-1;+3. The molecule has 0 rings (SSSR count). The molecule has 3 nitrogen and oxygen atoms in total. The smallest absolute Gasteiger partial charge is 0.753 e. The van der Waals surface area contributed by atoms with Crippen molar-refractivity contribution in [1.82, 2.24) is 0 Å². The van der Waals surface area contributed by atoms with Crippen LogP contribution in [0.25, 0.3) is 16.2 Å². The first kappa shape index (κ1) is 22.4. The van der Waals surface area contributed by atoms with Crippen LogP contribution in [0.5, 0.6) is 0 Å². The Bertz CT molecular complexity index is 111. The minimum Gasteiger partial charge on any atom is -0.753 e. The summed E-state index contributed by atoms with van der Waals surface area (Å²) in [6, 6.07) is 0. The molecule has 0 heterocycles. The van der Waals surface area contributed by atoms with Crippen molar-refractivity contribution in [1.29, 1.82) is 0 Å². The first-order valence-corrected chi connectivity index (χ1v) is 2.51. The molecule has 0 aliphatic heterocycles. The fourth-order valence-electron chi connectivity index (χ4n) is 0. The number of hydrogen-bond donors (Lipinski definition) is 0. The zero-order valence-corrected chi connectivity index (χ0v) is 9.54. The monoisotopic (exact) mass is 326 g/mol. The average molecular weight is 325 g/mol. The second kappa shape index (κ2) is 53.2. The number of rotatable bonds is 0. The summed E-state index contributed by atoms with van der Waals surface area (Å²) < 4.78 is 0. The third-order valence-corrected chi connectivity index (χ3v) is 0. The molecule has 0 saturated heterocycles. The minimum atomic E-state index is 0. The van der Waals surface area contributed by atoms with Gasteiger partial charge in [-0.15, -0.1) is 0 Å². The quantitative estimate of drug-likeness (QED) is 0.505. The Labute approximate surface area is 107 Å². The number of hydrogen-bond acceptors (Lipinski definition) is 3. The van der Waals surface area contributed by atoms with Gasteiger partial charge in [0.2, 0.25) is 0 Å². The van der Waals surface area contributed by atoms with Crippen LogP contribution in [0, 0.1) is 40.4 Å². The second-order valence-corrected chi connectivity index (χ2v) is 0.822. The molecule has 51 valence electrons. The van der Waals surface area contributed by atoms with Gasteiger partial charge in [0.25, 0.3) is 0 Å². The Balaban J connectivity index is -0.0000000257. The molecule has 0 aliphatic carbocycles. The van der Waals surface area contributed by atoms with Gasteiger partial charge >= 0.3 is 40.4 Å². The summed E-state index contributed by atoms with van der Waals surface area (Å²) in [6.07, 6.45) is 0. The molecule has 0 aromatic heterocycles. The second-order valence-electron chi connectivity index (χ2n) is 0.274. The molecule has 0 amide bonds. The first-order chi connectivity index (χ1) is 4.24. The van der Waals surface area contributed by atoms with E-state index >= 15 is 0 Å². The van der Waals surface area contributed by atoms with Crippen LogP contribution in [0.1, 0.15) is 0 Å². The maximum Gasteiger partial charge on any atom is 3.00 e. The van der Waals surface area contributed by atoms with Gasteiger partial charge in [0.15, 0.2) is 0 Å². The van der Waals surface area contributed by atoms with Crippen LogP contribution in [0.15, 0.2) is 0 Å². The number of thiocarbonyl (C=S) groups is 3. The van der Waals surface area contributed by atoms with Gasteiger partial charge in [0, 0.05) is 0 Å². The fraction of sp³-hybridized carbons (Fsp3) is 0. The SMILES string of the molecule is [N-]=C=S.[N-]=C=S.[N-]=C=S.[Sm+3]. The molecular weight excluding hydrogens is 325 g/mol. The zero-order chi connectivity index (χ0) is 8.12. The molecule has 0 aromatic carbocycles. The third kappa shape index (κ3) is 961. The van der Waals surface area contributed by atoms with Crippen LogP contribution < -0.4 is 0 Å². The Morgan fingerprint density at radius 3 is 0.700 bits per heavy atom. The summed E-state index contributed by atoms with van der Waals surface area (Å²) in [5.74, 6) is 0. The van der Waals surface area contributed by atoms with E-state index in [0.717, 1.165) is 0 Å². The van der Waals surface area contributed by atoms with Crippen molar-refractivity contribution in [2.45, 2.75) is 0 Å². The van der Waals surface area contributed by atoms with Crippen LogP contribution in [0.4, 0.5) is 0 Å². The first-order valence-electron chi connectivity index (χ1n) is 1.28. The van der Waals surface area contributed by atoms with Crippen molar-refractivity contribution in [3.8, 4) is 0 Å². The van der Waals surface area contributed by atoms with E-state index in [4.69, 9.17) is 16.2 Å². The molecule has 0 N–H and O–H groups in total. The molecule has 0 spiro atoms. The largest absolute Gasteiger partial charge is 3.00 e. The van der Waals surface area contributed by atoms with Crippen LogP contribution in [-0.4, -0.2) is 15.5 Å². The summed E-state index contributed by atoms with van der Waals surface area (Å²) >= 11 is 11.1. The Morgan fingerprint density at radius 1 is 0.700 bits per heavy atom. The van der Waals surface area contributed by atoms with Gasteiger partial charge in [-0.2, -0.15) is 15.5 Å². The van der Waals surface area contributed by atoms with Crippen molar-refractivity contribution in [2.24, 2.45) is 0 Å². The van der Waals surface area contributed by atoms with Gasteiger partial charge in [0.05, 0.1) is 0 Å². The molecule has 0 aromatic rings. The van der Waals surface area contributed by atoms with Gasteiger partial charge in [-0.05, 0) is 0 Å². The van der Waals surface area contributed by atoms with E-state index < -0.39 is 0 Å². The van der Waals surface area contributed by atoms with Crippen molar-refractivity contribution in [3.05, 3.63) is 16.2 Å². The van der Waals surface area contributed by atoms with Gasteiger partial charge in [0.1, 0.15) is 0 Å². The average Bonchev–Trinajstić information content (AvgIpc) is 1.70. The van der Waals surface area contributed by atoms with Gasteiger partial charge < -0.3 is 16.2 Å². The van der Waals surface area contributed by atoms with E-state index in [-0.39, 0.29) is 40.4 Å². The van der Waals surface area contributed by atoms with E-state index in [2.05, 4.69) is 36.7 Å². The summed E-state index contributed by atoms with van der Waals surface area (Å²) in [5, 5.41) is 25.4. The van der Waals surface area contributed by atoms with Crippen LogP contribution in [0.3, 0.4) is 0 Å². The summed E-state index contributed by atoms with van der Waals surface area (Å²) in [6.45, 7) is 0. The van der Waals surface area contributed by atoms with Gasteiger partial charge in [-0.1, -0.05) is 36.7 Å². The molecule has 7 heteroatoms. The predicted molar refractivity (Wildman–Crippen MR) is 47.9 cm³/mol. The molecule has 1 radical (unpaired) electrons. The third-order valence-electron chi connectivity index (χ3n) is 0. The van der Waals surface area contributed by atoms with E-state index in [0.29, 0.717) is 0 Å². The Hall–Kier alpha value is 0.738. The van der Waals surface area contributed by atoms with Crippen molar-refractivity contribution >= 4 is 52.1 Å². The fourth-order valence-corrected chi connectivity index (χ4v) is 0. The van der Waals surface area contributed by atoms with Crippen molar-refractivity contribution < 1.29 is 40.4 Å². The molecule has 0 saturated carbocycles. The van der Waals surface area contributed by atoms with Crippen LogP contribution >= 0.6 is 36.7 Å². The minimum absolute atomic E-state index is 0. The van der Waals surface area contributed by atoms with Gasteiger partial charge in [-0.25, -0.2) is 0 Å². The number of isothiocyanates is 3. The molecule has 0 fully saturated rings. The predicted octanol–water partition coefficient (Wildman–Crippen LogP) is 1.98. The van der Waals surface area contributed by atoms with Crippen molar-refractivity contribution in [3.63, 3.8) is 0 Å². The van der Waals surface area contributed by atoms with E-state index in [1.165, 1.54) is 15.5 Å². The molecule has 0 atom stereocenters. The molecule has 0 aliphatic rings. The van der Waals surface area contributed by atoms with Crippen molar-refractivity contribution in [2.75, 3.05) is 0 Å². The summed E-state index contributed by atoms with van der Waals surface area (Å²) in [4.78, 5) is 0. The normalized spacial score (nSPS) is 2.40. The van der Waals surface area contributed by atoms with Crippen LogP contribution in [0.2, 0.25) is 0 Å². The van der Waals surface area contributed by atoms with E-state index in [1.54, 1.807) is 0 Å². The van der Waals surface area contributed by atoms with Gasteiger partial charge in [-0.3, -0.25) is 0 Å². The van der Waals surface area contributed by atoms with E-state index in [1.807, 2.05) is 0 Å². The summed E-state index contributed by atoms with van der Waals surface area (Å²) in [7, 11) is 0. The molecule has 0 unspecified atom stereocenters. The molecule has 0 bridgehead atoms. The zero-order valence-electron chi connectivity index (χ0n) is 4.47. The topological polar surface area (TPSA) is 66.9 Å². The Morgan fingerprint density at radius 2 is 0.700 bits per heavy atom. The Kier molecular flexibility index (Phi) is 119.